The molecule has 0 aliphatic carbocycles. The van der Waals surface area contributed by atoms with Gasteiger partial charge in [0, 0.05) is 11.8 Å². The van der Waals surface area contributed by atoms with Crippen LogP contribution in [-0.4, -0.2) is 22.1 Å². The minimum atomic E-state index is -1.23. The van der Waals surface area contributed by atoms with Gasteiger partial charge in [0.2, 0.25) is 5.91 Å². The number of carbonyl (C=O) groups is 2. The number of rotatable bonds is 3. The molecule has 1 amide bonds. The number of hydrogen-bond acceptors (Lipinski definition) is 3. The Hall–Kier alpha value is -2.30. The number of nitrogens with one attached hydrogen (secondary N) is 1. The van der Waals surface area contributed by atoms with Crippen LogP contribution in [0.2, 0.25) is 0 Å². The first-order valence-electron chi connectivity index (χ1n) is 4.04. The fourth-order valence-corrected chi connectivity index (χ4v) is 0.984. The van der Waals surface area contributed by atoms with Crippen LogP contribution in [-0.2, 0) is 4.79 Å². The van der Waals surface area contributed by atoms with Gasteiger partial charge in [-0.1, -0.05) is 6.58 Å². The number of hydrogen-bond donors (Lipinski definition) is 3. The van der Waals surface area contributed by atoms with Crippen molar-refractivity contribution in [2.24, 2.45) is 0 Å². The van der Waals surface area contributed by atoms with E-state index in [9.17, 15) is 14.7 Å². The summed E-state index contributed by atoms with van der Waals surface area (Å²) in [5.74, 6) is -2.06. The molecule has 78 valence electrons. The van der Waals surface area contributed by atoms with Crippen LogP contribution in [0, 0.1) is 0 Å². The molecule has 0 aliphatic heterocycles. The van der Waals surface area contributed by atoms with Crippen molar-refractivity contribution in [2.45, 2.75) is 0 Å². The molecule has 0 heterocycles. The van der Waals surface area contributed by atoms with Gasteiger partial charge in [0.05, 0.1) is 0 Å². The van der Waals surface area contributed by atoms with Gasteiger partial charge in [-0.3, -0.25) is 4.79 Å². The summed E-state index contributed by atoms with van der Waals surface area (Å²) >= 11 is 0. The maximum atomic E-state index is 10.9. The Bertz CT molecular complexity index is 425. The number of carbonyl (C=O) groups excluding carboxylic acids is 1. The molecule has 0 aromatic heterocycles. The van der Waals surface area contributed by atoms with E-state index in [1.165, 1.54) is 12.1 Å². The van der Waals surface area contributed by atoms with Crippen LogP contribution in [0.3, 0.4) is 0 Å². The minimum absolute atomic E-state index is 0.216. The van der Waals surface area contributed by atoms with Crippen LogP contribution in [0.15, 0.2) is 30.9 Å². The van der Waals surface area contributed by atoms with Crippen molar-refractivity contribution in [1.29, 1.82) is 0 Å². The number of aromatic hydroxyl groups is 1. The summed E-state index contributed by atoms with van der Waals surface area (Å²) in [6.45, 7) is 3.26. The van der Waals surface area contributed by atoms with Gasteiger partial charge in [-0.2, -0.15) is 0 Å². The lowest BCUT2D eigenvalue weighted by Gasteiger charge is -2.04. The van der Waals surface area contributed by atoms with Crippen LogP contribution in [0.1, 0.15) is 10.4 Å². The van der Waals surface area contributed by atoms with Crippen molar-refractivity contribution in [1.82, 2.24) is 0 Å². The quantitative estimate of drug-likeness (QED) is 0.650. The van der Waals surface area contributed by atoms with Gasteiger partial charge in [-0.15, -0.1) is 0 Å². The summed E-state index contributed by atoms with van der Waals surface area (Å²) in [6, 6.07) is 3.74. The average Bonchev–Trinajstić information content (AvgIpc) is 2.17. The van der Waals surface area contributed by atoms with E-state index in [1.54, 1.807) is 0 Å². The molecule has 0 saturated heterocycles. The van der Waals surface area contributed by atoms with E-state index in [1.807, 2.05) is 0 Å². The minimum Gasteiger partial charge on any atom is -0.507 e. The number of benzene rings is 1. The first-order valence-corrected chi connectivity index (χ1v) is 4.04. The van der Waals surface area contributed by atoms with Crippen molar-refractivity contribution in [3.63, 3.8) is 0 Å². The molecule has 3 N–H and O–H groups in total. The van der Waals surface area contributed by atoms with E-state index in [-0.39, 0.29) is 5.56 Å². The highest BCUT2D eigenvalue weighted by Gasteiger charge is 2.09. The Labute approximate surface area is 85.7 Å². The van der Waals surface area contributed by atoms with Crippen molar-refractivity contribution in [3.8, 4) is 5.75 Å². The van der Waals surface area contributed by atoms with Crippen LogP contribution >= 0.6 is 0 Å². The van der Waals surface area contributed by atoms with E-state index in [0.29, 0.717) is 5.69 Å². The Morgan fingerprint density at radius 1 is 1.40 bits per heavy atom. The summed E-state index contributed by atoms with van der Waals surface area (Å²) in [6.07, 6.45) is 1.07. The fraction of sp³-hybridized carbons (Fsp3) is 0. The lowest BCUT2D eigenvalue weighted by atomic mass is 10.2. The maximum absolute atomic E-state index is 10.9. The third-order valence-electron chi connectivity index (χ3n) is 1.68. The zero-order valence-corrected chi connectivity index (χ0v) is 7.73. The molecular formula is C10H9NO4. The van der Waals surface area contributed by atoms with E-state index >= 15 is 0 Å². The molecule has 1 aromatic rings. The second-order valence-corrected chi connectivity index (χ2v) is 2.73. The molecule has 0 aliphatic rings. The highest BCUT2D eigenvalue weighted by molar-refractivity contribution is 5.99. The predicted molar refractivity (Wildman–Crippen MR) is 53.9 cm³/mol. The third kappa shape index (κ3) is 2.57. The van der Waals surface area contributed by atoms with E-state index in [2.05, 4.69) is 11.9 Å². The number of amides is 1. The van der Waals surface area contributed by atoms with Gasteiger partial charge in [-0.25, -0.2) is 4.79 Å². The normalized spacial score (nSPS) is 9.33. The third-order valence-corrected chi connectivity index (χ3v) is 1.68. The van der Waals surface area contributed by atoms with Gasteiger partial charge < -0.3 is 15.5 Å². The van der Waals surface area contributed by atoms with Crippen molar-refractivity contribution in [3.05, 3.63) is 36.4 Å². The predicted octanol–water partition coefficient (Wildman–Crippen LogP) is 1.21. The molecular weight excluding hydrogens is 198 g/mol. The van der Waals surface area contributed by atoms with E-state index in [0.717, 1.165) is 12.1 Å². The first kappa shape index (κ1) is 10.8. The zero-order valence-electron chi connectivity index (χ0n) is 7.73. The Kier molecular flexibility index (Phi) is 3.07. The second-order valence-electron chi connectivity index (χ2n) is 2.73. The molecule has 5 nitrogen and oxygen atoms in total. The van der Waals surface area contributed by atoms with Gasteiger partial charge in [0.1, 0.15) is 11.3 Å². The van der Waals surface area contributed by atoms with Gasteiger partial charge in [0.25, 0.3) is 0 Å². The molecule has 0 radical (unpaired) electrons. The summed E-state index contributed by atoms with van der Waals surface area (Å²) in [7, 11) is 0. The second kappa shape index (κ2) is 4.28. The molecule has 0 atom stereocenters. The van der Waals surface area contributed by atoms with E-state index < -0.39 is 17.6 Å². The standard InChI is InChI=1S/C10H9NO4/c1-2-9(13)11-6-3-4-7(10(14)15)8(12)5-6/h2-5,12H,1H2,(H,11,13)(H,14,15). The van der Waals surface area contributed by atoms with Crippen LogP contribution in [0.25, 0.3) is 0 Å². The SMILES string of the molecule is C=CC(=O)Nc1ccc(C(=O)O)c(O)c1. The Balaban J connectivity index is 2.96. The number of phenols is 1. The molecule has 0 spiro atoms. The highest BCUT2D eigenvalue weighted by atomic mass is 16.4. The lowest BCUT2D eigenvalue weighted by molar-refractivity contribution is -0.111. The molecule has 5 heteroatoms. The molecule has 1 aromatic carbocycles. The summed E-state index contributed by atoms with van der Waals surface area (Å²) in [5, 5.41) is 20.3. The zero-order chi connectivity index (χ0) is 11.4. The van der Waals surface area contributed by atoms with Gasteiger partial charge in [0.15, 0.2) is 0 Å². The van der Waals surface area contributed by atoms with Crippen molar-refractivity contribution in [2.75, 3.05) is 5.32 Å². The monoisotopic (exact) mass is 207 g/mol. The summed E-state index contributed by atoms with van der Waals surface area (Å²) in [5.41, 5.74) is 0.0917. The average molecular weight is 207 g/mol. The molecule has 0 fully saturated rings. The molecule has 0 unspecified atom stereocenters. The molecule has 0 saturated carbocycles. The van der Waals surface area contributed by atoms with Crippen LogP contribution < -0.4 is 5.32 Å². The number of carboxylic acids is 1. The van der Waals surface area contributed by atoms with Crippen LogP contribution in [0.4, 0.5) is 5.69 Å². The summed E-state index contributed by atoms with van der Waals surface area (Å²) in [4.78, 5) is 21.4. The van der Waals surface area contributed by atoms with Crippen molar-refractivity contribution >= 4 is 17.6 Å². The smallest absolute Gasteiger partial charge is 0.339 e. The Morgan fingerprint density at radius 3 is 2.53 bits per heavy atom. The number of carboxylic acid groups (broad SMARTS) is 1. The van der Waals surface area contributed by atoms with Gasteiger partial charge in [-0.05, 0) is 18.2 Å². The van der Waals surface area contributed by atoms with E-state index in [4.69, 9.17) is 5.11 Å². The van der Waals surface area contributed by atoms with Crippen LogP contribution in [0.5, 0.6) is 5.75 Å². The maximum Gasteiger partial charge on any atom is 0.339 e. The molecule has 15 heavy (non-hydrogen) atoms. The Morgan fingerprint density at radius 2 is 2.07 bits per heavy atom. The van der Waals surface area contributed by atoms with Crippen molar-refractivity contribution < 1.29 is 19.8 Å². The summed E-state index contributed by atoms with van der Waals surface area (Å²) < 4.78 is 0. The lowest BCUT2D eigenvalue weighted by Crippen LogP contribution is -2.07. The molecule has 1 rings (SSSR count). The number of anilines is 1. The topological polar surface area (TPSA) is 86.6 Å². The van der Waals surface area contributed by atoms with Gasteiger partial charge >= 0.3 is 5.97 Å². The number of aromatic carboxylic acids is 1. The first-order chi connectivity index (χ1) is 7.04. The largest absolute Gasteiger partial charge is 0.507 e. The fourth-order valence-electron chi connectivity index (χ4n) is 0.984. The highest BCUT2D eigenvalue weighted by Crippen LogP contribution is 2.21. The molecule has 0 bridgehead atoms.